The lowest BCUT2D eigenvalue weighted by Gasteiger charge is -2.04. The van der Waals surface area contributed by atoms with E-state index in [1.807, 2.05) is 0 Å². The molecule has 1 aromatic heterocycles. The van der Waals surface area contributed by atoms with Crippen LogP contribution in [0.25, 0.3) is 0 Å². The van der Waals surface area contributed by atoms with Crippen LogP contribution in [0.15, 0.2) is 4.52 Å². The second kappa shape index (κ2) is 3.48. The predicted molar refractivity (Wildman–Crippen MR) is 51.0 cm³/mol. The van der Waals surface area contributed by atoms with E-state index in [9.17, 15) is 8.78 Å². The van der Waals surface area contributed by atoms with Crippen molar-refractivity contribution in [1.29, 1.82) is 0 Å². The van der Waals surface area contributed by atoms with E-state index >= 15 is 0 Å². The lowest BCUT2D eigenvalue weighted by Crippen LogP contribution is -2.19. The first-order chi connectivity index (χ1) is 7.62. The average Bonchev–Trinajstić information content (AvgIpc) is 2.76. The first-order valence-electron chi connectivity index (χ1n) is 5.56. The van der Waals surface area contributed by atoms with Crippen molar-refractivity contribution in [1.82, 2.24) is 15.5 Å². The maximum absolute atomic E-state index is 13.0. The Kier molecular flexibility index (Phi) is 2.20. The zero-order chi connectivity index (χ0) is 11.2. The van der Waals surface area contributed by atoms with E-state index in [0.717, 1.165) is 6.42 Å². The van der Waals surface area contributed by atoms with Gasteiger partial charge in [0.15, 0.2) is 5.82 Å². The number of hydrogen-bond acceptors (Lipinski definition) is 4. The quantitative estimate of drug-likeness (QED) is 0.857. The number of hydrogen-bond donors (Lipinski definition) is 1. The van der Waals surface area contributed by atoms with E-state index in [0.29, 0.717) is 17.6 Å². The standard InChI is InChI=1S/C10H13F2N3O/c11-10(12)4-7(13-5-10)9-14-8(15-16-9)3-6-1-2-6/h6-7,13H,1-5H2. The highest BCUT2D eigenvalue weighted by Crippen LogP contribution is 2.34. The summed E-state index contributed by atoms with van der Waals surface area (Å²) < 4.78 is 30.9. The van der Waals surface area contributed by atoms with Crippen molar-refractivity contribution in [3.05, 3.63) is 11.7 Å². The highest BCUT2D eigenvalue weighted by Gasteiger charge is 2.42. The third kappa shape index (κ3) is 2.07. The van der Waals surface area contributed by atoms with Gasteiger partial charge in [-0.15, -0.1) is 0 Å². The lowest BCUT2D eigenvalue weighted by atomic mass is 10.2. The minimum Gasteiger partial charge on any atom is -0.338 e. The minimum absolute atomic E-state index is 0.252. The molecule has 1 saturated heterocycles. The highest BCUT2D eigenvalue weighted by atomic mass is 19.3. The van der Waals surface area contributed by atoms with Gasteiger partial charge in [0.1, 0.15) is 0 Å². The second-order valence-corrected chi connectivity index (χ2v) is 4.69. The van der Waals surface area contributed by atoms with E-state index < -0.39 is 12.0 Å². The van der Waals surface area contributed by atoms with Crippen molar-refractivity contribution in [3.63, 3.8) is 0 Å². The minimum atomic E-state index is -2.66. The Hall–Kier alpha value is -1.04. The van der Waals surface area contributed by atoms with Crippen molar-refractivity contribution in [2.75, 3.05) is 6.54 Å². The molecule has 2 aliphatic rings. The fourth-order valence-corrected chi connectivity index (χ4v) is 1.96. The van der Waals surface area contributed by atoms with Crippen LogP contribution in [0.2, 0.25) is 0 Å². The van der Waals surface area contributed by atoms with Gasteiger partial charge < -0.3 is 4.52 Å². The normalized spacial score (nSPS) is 28.5. The van der Waals surface area contributed by atoms with Crippen LogP contribution in [0.4, 0.5) is 8.78 Å². The zero-order valence-electron chi connectivity index (χ0n) is 8.75. The summed E-state index contributed by atoms with van der Waals surface area (Å²) in [6.45, 7) is -0.308. The Balaban J connectivity index is 1.67. The first-order valence-corrected chi connectivity index (χ1v) is 5.56. The molecule has 0 spiro atoms. The molecule has 0 radical (unpaired) electrons. The smallest absolute Gasteiger partial charge is 0.262 e. The Morgan fingerprint density at radius 1 is 1.44 bits per heavy atom. The predicted octanol–water partition coefficient (Wildman–Crippen LogP) is 1.69. The molecule has 0 bridgehead atoms. The van der Waals surface area contributed by atoms with Gasteiger partial charge in [0.05, 0.1) is 12.6 Å². The molecule has 1 aromatic rings. The monoisotopic (exact) mass is 229 g/mol. The molecule has 88 valence electrons. The van der Waals surface area contributed by atoms with E-state index in [1.54, 1.807) is 0 Å². The van der Waals surface area contributed by atoms with Gasteiger partial charge in [0.2, 0.25) is 5.89 Å². The molecule has 1 aliphatic carbocycles. The van der Waals surface area contributed by atoms with Gasteiger partial charge >= 0.3 is 0 Å². The molecule has 3 rings (SSSR count). The molecule has 1 aliphatic heterocycles. The van der Waals surface area contributed by atoms with Crippen molar-refractivity contribution >= 4 is 0 Å². The molecule has 1 saturated carbocycles. The van der Waals surface area contributed by atoms with Gasteiger partial charge in [0, 0.05) is 12.8 Å². The molecular weight excluding hydrogens is 216 g/mol. The molecule has 1 unspecified atom stereocenters. The van der Waals surface area contributed by atoms with Crippen molar-refractivity contribution in [2.45, 2.75) is 37.6 Å². The lowest BCUT2D eigenvalue weighted by molar-refractivity contribution is 0.0200. The Morgan fingerprint density at radius 2 is 2.25 bits per heavy atom. The summed E-state index contributed by atoms with van der Waals surface area (Å²) in [5.41, 5.74) is 0. The third-order valence-electron chi connectivity index (χ3n) is 3.06. The molecule has 1 atom stereocenters. The zero-order valence-corrected chi connectivity index (χ0v) is 8.75. The largest absolute Gasteiger partial charge is 0.338 e. The molecule has 0 amide bonds. The third-order valence-corrected chi connectivity index (χ3v) is 3.06. The molecule has 16 heavy (non-hydrogen) atoms. The van der Waals surface area contributed by atoms with Crippen LogP contribution < -0.4 is 5.32 Å². The first kappa shape index (κ1) is 10.1. The summed E-state index contributed by atoms with van der Waals surface area (Å²) >= 11 is 0. The van der Waals surface area contributed by atoms with Gasteiger partial charge in [-0.3, -0.25) is 5.32 Å². The van der Waals surface area contributed by atoms with E-state index in [1.165, 1.54) is 12.8 Å². The number of rotatable bonds is 3. The van der Waals surface area contributed by atoms with Gasteiger partial charge in [-0.2, -0.15) is 4.98 Å². The Morgan fingerprint density at radius 3 is 2.88 bits per heavy atom. The molecule has 4 nitrogen and oxygen atoms in total. The summed E-state index contributed by atoms with van der Waals surface area (Å²) in [6.07, 6.45) is 2.98. The highest BCUT2D eigenvalue weighted by molar-refractivity contribution is 5.01. The van der Waals surface area contributed by atoms with Crippen molar-refractivity contribution in [3.8, 4) is 0 Å². The van der Waals surface area contributed by atoms with Gasteiger partial charge in [-0.25, -0.2) is 8.78 Å². The average molecular weight is 229 g/mol. The number of nitrogens with zero attached hydrogens (tertiary/aromatic N) is 2. The molecule has 2 fully saturated rings. The second-order valence-electron chi connectivity index (χ2n) is 4.69. The topological polar surface area (TPSA) is 51.0 Å². The van der Waals surface area contributed by atoms with E-state index in [4.69, 9.17) is 4.52 Å². The number of aromatic nitrogens is 2. The fraction of sp³-hybridized carbons (Fsp3) is 0.800. The van der Waals surface area contributed by atoms with Crippen LogP contribution in [0.5, 0.6) is 0 Å². The maximum atomic E-state index is 13.0. The van der Waals surface area contributed by atoms with Crippen LogP contribution in [-0.4, -0.2) is 22.6 Å². The van der Waals surface area contributed by atoms with Gasteiger partial charge in [-0.1, -0.05) is 5.16 Å². The van der Waals surface area contributed by atoms with Crippen molar-refractivity contribution in [2.24, 2.45) is 5.92 Å². The summed E-state index contributed by atoms with van der Waals surface area (Å²) in [7, 11) is 0. The van der Waals surface area contributed by atoms with E-state index in [2.05, 4.69) is 15.5 Å². The Bertz CT molecular complexity index is 389. The van der Waals surface area contributed by atoms with Crippen LogP contribution in [0.3, 0.4) is 0 Å². The molecule has 0 aromatic carbocycles. The number of nitrogens with one attached hydrogen (secondary N) is 1. The fourth-order valence-electron chi connectivity index (χ4n) is 1.96. The van der Waals surface area contributed by atoms with Crippen LogP contribution in [0.1, 0.15) is 37.0 Å². The summed E-state index contributed by atoms with van der Waals surface area (Å²) in [4.78, 5) is 4.16. The number of halogens is 2. The summed E-state index contributed by atoms with van der Waals surface area (Å²) in [6, 6.07) is -0.490. The van der Waals surface area contributed by atoms with Crippen LogP contribution >= 0.6 is 0 Å². The number of alkyl halides is 2. The van der Waals surface area contributed by atoms with Crippen molar-refractivity contribution < 1.29 is 13.3 Å². The molecule has 1 N–H and O–H groups in total. The van der Waals surface area contributed by atoms with E-state index in [-0.39, 0.29) is 13.0 Å². The van der Waals surface area contributed by atoms with Gasteiger partial charge in [0.25, 0.3) is 5.92 Å². The molecule has 6 heteroatoms. The van der Waals surface area contributed by atoms with Gasteiger partial charge in [-0.05, 0) is 18.8 Å². The Labute approximate surface area is 91.4 Å². The SMILES string of the molecule is FC1(F)CNC(c2nc(CC3CC3)no2)C1. The maximum Gasteiger partial charge on any atom is 0.262 e. The van der Waals surface area contributed by atoms with Crippen LogP contribution in [-0.2, 0) is 6.42 Å². The molecular formula is C10H13F2N3O. The summed E-state index contributed by atoms with van der Waals surface area (Å²) in [5, 5.41) is 6.52. The van der Waals surface area contributed by atoms with Crippen LogP contribution in [0, 0.1) is 5.92 Å². The molecule has 2 heterocycles. The summed E-state index contributed by atoms with van der Waals surface area (Å²) in [5.74, 6) is -1.04.